The Bertz CT molecular complexity index is 1430. The summed E-state index contributed by atoms with van der Waals surface area (Å²) < 4.78 is 11.9. The SMILES string of the molecule is COc1cccc([C@H](CN2CCN(C(=O)c3cccc4ccccc34)CC2)OCc2ccc(C#N)cc2)c1. The maximum atomic E-state index is 13.4. The van der Waals surface area contributed by atoms with E-state index >= 15 is 0 Å². The lowest BCUT2D eigenvalue weighted by Crippen LogP contribution is -2.49. The van der Waals surface area contributed by atoms with E-state index in [-0.39, 0.29) is 12.0 Å². The number of piperazine rings is 1. The minimum atomic E-state index is -0.166. The summed E-state index contributed by atoms with van der Waals surface area (Å²) in [6, 6.07) is 31.6. The maximum absolute atomic E-state index is 13.4. The molecule has 0 radical (unpaired) electrons. The molecular formula is C32H31N3O3. The van der Waals surface area contributed by atoms with Crippen LogP contribution in [0.25, 0.3) is 10.8 Å². The van der Waals surface area contributed by atoms with E-state index in [0.29, 0.717) is 31.8 Å². The highest BCUT2D eigenvalue weighted by molar-refractivity contribution is 6.07. The maximum Gasteiger partial charge on any atom is 0.254 e. The van der Waals surface area contributed by atoms with Crippen molar-refractivity contribution in [2.75, 3.05) is 39.8 Å². The van der Waals surface area contributed by atoms with Crippen LogP contribution in [0.5, 0.6) is 5.75 Å². The fourth-order valence-corrected chi connectivity index (χ4v) is 4.92. The molecule has 0 spiro atoms. The minimum absolute atomic E-state index is 0.0860. The largest absolute Gasteiger partial charge is 0.497 e. The van der Waals surface area contributed by atoms with Gasteiger partial charge < -0.3 is 14.4 Å². The second kappa shape index (κ2) is 11.9. The minimum Gasteiger partial charge on any atom is -0.497 e. The van der Waals surface area contributed by atoms with E-state index < -0.39 is 0 Å². The zero-order valence-corrected chi connectivity index (χ0v) is 21.5. The lowest BCUT2D eigenvalue weighted by atomic mass is 10.0. The van der Waals surface area contributed by atoms with Gasteiger partial charge in [-0.15, -0.1) is 0 Å². The van der Waals surface area contributed by atoms with Gasteiger partial charge in [0.25, 0.3) is 5.91 Å². The van der Waals surface area contributed by atoms with Gasteiger partial charge in [0, 0.05) is 38.3 Å². The van der Waals surface area contributed by atoms with E-state index in [0.717, 1.165) is 46.3 Å². The van der Waals surface area contributed by atoms with Crippen LogP contribution in [0, 0.1) is 11.3 Å². The van der Waals surface area contributed by atoms with E-state index in [9.17, 15) is 4.79 Å². The summed E-state index contributed by atoms with van der Waals surface area (Å²) in [7, 11) is 1.66. The number of carbonyl (C=O) groups is 1. The first-order valence-electron chi connectivity index (χ1n) is 12.9. The number of benzene rings is 4. The predicted octanol–water partition coefficient (Wildman–Crippen LogP) is 5.44. The third kappa shape index (κ3) is 5.86. The van der Waals surface area contributed by atoms with Gasteiger partial charge in [-0.1, -0.05) is 60.7 Å². The van der Waals surface area contributed by atoms with E-state index in [1.165, 1.54) is 0 Å². The molecule has 1 atom stereocenters. The molecular weight excluding hydrogens is 474 g/mol. The molecule has 1 saturated heterocycles. The highest BCUT2D eigenvalue weighted by atomic mass is 16.5. The second-order valence-electron chi connectivity index (χ2n) is 9.50. The van der Waals surface area contributed by atoms with Crippen molar-refractivity contribution in [1.82, 2.24) is 9.80 Å². The van der Waals surface area contributed by atoms with Gasteiger partial charge in [0.2, 0.25) is 0 Å². The summed E-state index contributed by atoms with van der Waals surface area (Å²) >= 11 is 0. The predicted molar refractivity (Wildman–Crippen MR) is 148 cm³/mol. The summed E-state index contributed by atoms with van der Waals surface area (Å²) in [5, 5.41) is 11.1. The van der Waals surface area contributed by atoms with E-state index in [1.807, 2.05) is 89.8 Å². The highest BCUT2D eigenvalue weighted by Crippen LogP contribution is 2.26. The molecule has 0 aliphatic carbocycles. The van der Waals surface area contributed by atoms with Gasteiger partial charge >= 0.3 is 0 Å². The number of hydrogen-bond donors (Lipinski definition) is 0. The molecule has 1 amide bonds. The zero-order chi connectivity index (χ0) is 26.3. The molecule has 1 aliphatic rings. The quantitative estimate of drug-likeness (QED) is 0.319. The monoisotopic (exact) mass is 505 g/mol. The first kappa shape index (κ1) is 25.5. The molecule has 4 aromatic carbocycles. The summed E-state index contributed by atoms with van der Waals surface area (Å²) in [6.45, 7) is 4.03. The molecule has 0 saturated carbocycles. The molecule has 5 rings (SSSR count). The summed E-state index contributed by atoms with van der Waals surface area (Å²) in [6.07, 6.45) is -0.166. The van der Waals surface area contributed by atoms with Crippen LogP contribution in [0.2, 0.25) is 0 Å². The Balaban J connectivity index is 1.25. The number of nitriles is 1. The lowest BCUT2D eigenvalue weighted by molar-refractivity contribution is 0.00335. The van der Waals surface area contributed by atoms with Crippen LogP contribution in [0.3, 0.4) is 0 Å². The average Bonchev–Trinajstić information content (AvgIpc) is 2.99. The van der Waals surface area contributed by atoms with Crippen LogP contribution < -0.4 is 4.74 Å². The van der Waals surface area contributed by atoms with Crippen molar-refractivity contribution in [2.45, 2.75) is 12.7 Å². The average molecular weight is 506 g/mol. The van der Waals surface area contributed by atoms with Gasteiger partial charge in [0.1, 0.15) is 5.75 Å². The summed E-state index contributed by atoms with van der Waals surface area (Å²) in [5.74, 6) is 0.878. The van der Waals surface area contributed by atoms with Crippen LogP contribution in [0.4, 0.5) is 0 Å². The van der Waals surface area contributed by atoms with Gasteiger partial charge in [-0.3, -0.25) is 9.69 Å². The van der Waals surface area contributed by atoms with Crippen molar-refractivity contribution in [3.05, 3.63) is 113 Å². The van der Waals surface area contributed by atoms with Gasteiger partial charge in [0.05, 0.1) is 31.5 Å². The molecule has 192 valence electrons. The molecule has 0 N–H and O–H groups in total. The van der Waals surface area contributed by atoms with E-state index in [4.69, 9.17) is 14.7 Å². The van der Waals surface area contributed by atoms with Gasteiger partial charge in [0.15, 0.2) is 0 Å². The smallest absolute Gasteiger partial charge is 0.254 e. The normalized spacial score (nSPS) is 14.7. The van der Waals surface area contributed by atoms with Crippen molar-refractivity contribution in [2.24, 2.45) is 0 Å². The molecule has 0 unspecified atom stereocenters. The highest BCUT2D eigenvalue weighted by Gasteiger charge is 2.26. The summed E-state index contributed by atoms with van der Waals surface area (Å²) in [5.41, 5.74) is 3.46. The number of amides is 1. The molecule has 1 fully saturated rings. The van der Waals surface area contributed by atoms with E-state index in [2.05, 4.69) is 17.0 Å². The fourth-order valence-electron chi connectivity index (χ4n) is 4.92. The number of fused-ring (bicyclic) bond motifs is 1. The van der Waals surface area contributed by atoms with Gasteiger partial charge in [-0.25, -0.2) is 0 Å². The zero-order valence-electron chi connectivity index (χ0n) is 21.5. The van der Waals surface area contributed by atoms with Crippen molar-refractivity contribution >= 4 is 16.7 Å². The first-order chi connectivity index (χ1) is 18.6. The third-order valence-electron chi connectivity index (χ3n) is 7.10. The van der Waals surface area contributed by atoms with Crippen molar-refractivity contribution in [3.63, 3.8) is 0 Å². The summed E-state index contributed by atoms with van der Waals surface area (Å²) in [4.78, 5) is 17.7. The van der Waals surface area contributed by atoms with Crippen LogP contribution in [0.15, 0.2) is 91.0 Å². The Hall–Kier alpha value is -4.18. The van der Waals surface area contributed by atoms with Gasteiger partial charge in [-0.2, -0.15) is 5.26 Å². The van der Waals surface area contributed by atoms with Crippen LogP contribution in [0.1, 0.15) is 33.2 Å². The Kier molecular flexibility index (Phi) is 7.98. The Morgan fingerprint density at radius 2 is 1.66 bits per heavy atom. The number of ether oxygens (including phenoxy) is 2. The molecule has 1 aliphatic heterocycles. The molecule has 0 bridgehead atoms. The van der Waals surface area contributed by atoms with Crippen LogP contribution >= 0.6 is 0 Å². The topological polar surface area (TPSA) is 65.8 Å². The Morgan fingerprint density at radius 1 is 0.921 bits per heavy atom. The number of rotatable bonds is 8. The number of carbonyl (C=O) groups excluding carboxylic acids is 1. The second-order valence-corrected chi connectivity index (χ2v) is 9.50. The molecule has 38 heavy (non-hydrogen) atoms. The standard InChI is InChI=1S/C32H31N3O3/c1-37-28-9-4-8-27(20-28)31(38-23-25-14-12-24(21-33)13-15-25)22-34-16-18-35(19-17-34)32(36)30-11-5-7-26-6-2-3-10-29(26)30/h2-15,20,31H,16-19,22-23H2,1H3/t31-/m0/s1. The Labute approximate surface area is 223 Å². The lowest BCUT2D eigenvalue weighted by Gasteiger charge is -2.36. The third-order valence-corrected chi connectivity index (χ3v) is 7.10. The molecule has 6 nitrogen and oxygen atoms in total. The first-order valence-corrected chi connectivity index (χ1v) is 12.9. The number of nitrogens with zero attached hydrogens (tertiary/aromatic N) is 3. The Morgan fingerprint density at radius 3 is 2.42 bits per heavy atom. The molecule has 0 aromatic heterocycles. The molecule has 1 heterocycles. The van der Waals surface area contributed by atoms with Crippen molar-refractivity contribution < 1.29 is 14.3 Å². The van der Waals surface area contributed by atoms with Crippen LogP contribution in [-0.2, 0) is 11.3 Å². The number of methoxy groups -OCH3 is 1. The molecule has 6 heteroatoms. The molecule has 4 aromatic rings. The van der Waals surface area contributed by atoms with Crippen molar-refractivity contribution in [3.8, 4) is 11.8 Å². The fraction of sp³-hybridized carbons (Fsp3) is 0.250. The van der Waals surface area contributed by atoms with Gasteiger partial charge in [-0.05, 0) is 52.2 Å². The van der Waals surface area contributed by atoms with Crippen molar-refractivity contribution in [1.29, 1.82) is 5.26 Å². The van der Waals surface area contributed by atoms with Crippen LogP contribution in [-0.4, -0.2) is 55.5 Å². The number of hydrogen-bond acceptors (Lipinski definition) is 5. The van der Waals surface area contributed by atoms with E-state index in [1.54, 1.807) is 7.11 Å².